The van der Waals surface area contributed by atoms with E-state index >= 15 is 0 Å². The molecule has 0 saturated carbocycles. The largest absolute Gasteiger partial charge is 0.497 e. The summed E-state index contributed by atoms with van der Waals surface area (Å²) in [5, 5.41) is 5.41. The van der Waals surface area contributed by atoms with Crippen LogP contribution in [-0.2, 0) is 6.18 Å². The van der Waals surface area contributed by atoms with Crippen LogP contribution < -0.4 is 15.4 Å². The van der Waals surface area contributed by atoms with Crippen LogP contribution in [0.1, 0.15) is 11.1 Å². The number of hydrogen-bond donors (Lipinski definition) is 3. The van der Waals surface area contributed by atoms with Crippen molar-refractivity contribution in [3.8, 4) is 17.0 Å². The number of ether oxygens (including phenoxy) is 1. The number of methoxy groups -OCH3 is 1. The number of aromatic nitrogens is 3. The van der Waals surface area contributed by atoms with Gasteiger partial charge in [-0.05, 0) is 48.9 Å². The molecule has 0 aliphatic heterocycles. The molecule has 7 nitrogen and oxygen atoms in total. The molecule has 4 aromatic rings. The molecule has 0 spiro atoms. The molecule has 2 aromatic carbocycles. The van der Waals surface area contributed by atoms with Crippen LogP contribution in [0.4, 0.5) is 29.3 Å². The van der Waals surface area contributed by atoms with Gasteiger partial charge in [-0.3, -0.25) is 0 Å². The number of nitrogens with zero attached hydrogens (tertiary/aromatic N) is 2. The van der Waals surface area contributed by atoms with Crippen LogP contribution >= 0.6 is 0 Å². The van der Waals surface area contributed by atoms with Crippen LogP contribution in [0.3, 0.4) is 0 Å². The van der Waals surface area contributed by atoms with Crippen molar-refractivity contribution in [3.63, 3.8) is 0 Å². The van der Waals surface area contributed by atoms with Crippen LogP contribution in [0.25, 0.3) is 22.3 Å². The third-order valence-electron chi connectivity index (χ3n) is 4.86. The van der Waals surface area contributed by atoms with E-state index in [-0.39, 0.29) is 11.3 Å². The van der Waals surface area contributed by atoms with Crippen molar-refractivity contribution in [1.82, 2.24) is 15.0 Å². The van der Waals surface area contributed by atoms with Crippen LogP contribution in [0, 0.1) is 6.92 Å². The average molecular weight is 441 g/mol. The van der Waals surface area contributed by atoms with Gasteiger partial charge in [0.05, 0.1) is 24.1 Å². The van der Waals surface area contributed by atoms with E-state index in [9.17, 15) is 18.0 Å². The Bertz CT molecular complexity index is 1280. The number of alkyl halides is 3. The minimum absolute atomic E-state index is 0.258. The van der Waals surface area contributed by atoms with Crippen molar-refractivity contribution in [2.75, 3.05) is 17.7 Å². The minimum Gasteiger partial charge on any atom is -0.497 e. The lowest BCUT2D eigenvalue weighted by Crippen LogP contribution is -2.22. The molecule has 0 bridgehead atoms. The van der Waals surface area contributed by atoms with Crippen molar-refractivity contribution < 1.29 is 22.7 Å². The molecule has 0 unspecified atom stereocenters. The van der Waals surface area contributed by atoms with Gasteiger partial charge in [-0.1, -0.05) is 6.07 Å². The van der Waals surface area contributed by atoms with E-state index in [2.05, 4.69) is 25.6 Å². The zero-order valence-corrected chi connectivity index (χ0v) is 17.0. The van der Waals surface area contributed by atoms with Crippen LogP contribution in [0.5, 0.6) is 5.75 Å². The topological polar surface area (TPSA) is 91.9 Å². The number of amides is 2. The molecule has 0 radical (unpaired) electrons. The molecule has 2 heterocycles. The first-order chi connectivity index (χ1) is 15.3. The quantitative estimate of drug-likeness (QED) is 0.384. The molecule has 2 aromatic heterocycles. The summed E-state index contributed by atoms with van der Waals surface area (Å²) >= 11 is 0. The number of halogens is 3. The van der Waals surface area contributed by atoms with E-state index in [1.807, 2.05) is 6.92 Å². The monoisotopic (exact) mass is 441 g/mol. The number of rotatable bonds is 4. The number of hydrogen-bond acceptors (Lipinski definition) is 4. The Morgan fingerprint density at radius 1 is 1.06 bits per heavy atom. The highest BCUT2D eigenvalue weighted by Gasteiger charge is 2.34. The number of anilines is 2. The van der Waals surface area contributed by atoms with Gasteiger partial charge in [0.25, 0.3) is 0 Å². The first kappa shape index (κ1) is 21.2. The Labute approximate surface area is 180 Å². The van der Waals surface area contributed by atoms with Gasteiger partial charge >= 0.3 is 12.2 Å². The van der Waals surface area contributed by atoms with Gasteiger partial charge in [0.15, 0.2) is 0 Å². The molecule has 0 aliphatic carbocycles. The highest BCUT2D eigenvalue weighted by Crippen LogP contribution is 2.38. The van der Waals surface area contributed by atoms with Gasteiger partial charge in [-0.25, -0.2) is 14.8 Å². The molecular weight excluding hydrogens is 423 g/mol. The summed E-state index contributed by atoms with van der Waals surface area (Å²) in [6.07, 6.45) is -1.69. The average Bonchev–Trinajstić information content (AvgIpc) is 3.15. The van der Waals surface area contributed by atoms with E-state index in [1.54, 1.807) is 30.5 Å². The molecule has 2 amide bonds. The second-order valence-corrected chi connectivity index (χ2v) is 6.98. The number of nitrogens with one attached hydrogen (secondary N) is 3. The molecule has 164 valence electrons. The van der Waals surface area contributed by atoms with Crippen molar-refractivity contribution >= 4 is 28.4 Å². The van der Waals surface area contributed by atoms with Gasteiger partial charge in [0, 0.05) is 22.8 Å². The van der Waals surface area contributed by atoms with Gasteiger partial charge < -0.3 is 20.4 Å². The highest BCUT2D eigenvalue weighted by atomic mass is 19.4. The maximum atomic E-state index is 13.8. The molecule has 32 heavy (non-hydrogen) atoms. The normalized spacial score (nSPS) is 11.4. The summed E-state index contributed by atoms with van der Waals surface area (Å²) < 4.78 is 46.5. The lowest BCUT2D eigenvalue weighted by molar-refractivity contribution is -0.136. The summed E-state index contributed by atoms with van der Waals surface area (Å²) in [7, 11) is 1.50. The molecule has 10 heteroatoms. The summed E-state index contributed by atoms with van der Waals surface area (Å²) in [6.45, 7) is 1.82. The first-order valence-corrected chi connectivity index (χ1v) is 9.48. The van der Waals surface area contributed by atoms with E-state index in [1.165, 1.54) is 25.6 Å². The summed E-state index contributed by atoms with van der Waals surface area (Å²) in [6, 6.07) is 9.25. The number of H-pyrrole nitrogens is 1. The molecule has 0 aliphatic rings. The Morgan fingerprint density at radius 3 is 2.50 bits per heavy atom. The van der Waals surface area contributed by atoms with Crippen LogP contribution in [0.2, 0.25) is 0 Å². The van der Waals surface area contributed by atoms with Gasteiger partial charge in [-0.2, -0.15) is 13.2 Å². The first-order valence-electron chi connectivity index (χ1n) is 9.48. The zero-order valence-electron chi connectivity index (χ0n) is 17.0. The minimum atomic E-state index is -4.70. The zero-order chi connectivity index (χ0) is 22.9. The molecule has 0 atom stereocenters. The predicted molar refractivity (Wildman–Crippen MR) is 115 cm³/mol. The predicted octanol–water partition coefficient (Wildman–Crippen LogP) is 5.60. The fraction of sp³-hybridized carbons (Fsp3) is 0.136. The fourth-order valence-electron chi connectivity index (χ4n) is 3.33. The number of aromatic amines is 1. The third kappa shape index (κ3) is 4.20. The summed E-state index contributed by atoms with van der Waals surface area (Å²) in [5.74, 6) is 0.586. The van der Waals surface area contributed by atoms with Crippen LogP contribution in [-0.4, -0.2) is 28.1 Å². The number of carbonyl (C=O) groups is 1. The SMILES string of the molecule is COc1ccc(NC(=O)Nc2ccc(-c3ncnc4[nH]cc(C)c34)cc2C(F)(F)F)cc1. The maximum absolute atomic E-state index is 13.8. The van der Waals surface area contributed by atoms with Crippen molar-refractivity contribution in [3.05, 3.63) is 66.1 Å². The molecular formula is C22H18F3N5O2. The fourth-order valence-corrected chi connectivity index (χ4v) is 3.33. The number of aryl methyl sites for hydroxylation is 1. The lowest BCUT2D eigenvalue weighted by Gasteiger charge is -2.16. The molecule has 0 saturated heterocycles. The Balaban J connectivity index is 1.65. The Hall–Kier alpha value is -4.08. The van der Waals surface area contributed by atoms with E-state index in [0.717, 1.165) is 11.6 Å². The summed E-state index contributed by atoms with van der Waals surface area (Å²) in [5.41, 5.74) is 1.01. The number of urea groups is 1. The van der Waals surface area contributed by atoms with E-state index < -0.39 is 17.8 Å². The van der Waals surface area contributed by atoms with Crippen molar-refractivity contribution in [2.45, 2.75) is 13.1 Å². The number of benzene rings is 2. The van der Waals surface area contributed by atoms with E-state index in [4.69, 9.17) is 4.74 Å². The smallest absolute Gasteiger partial charge is 0.418 e. The highest BCUT2D eigenvalue weighted by molar-refractivity contribution is 6.01. The van der Waals surface area contributed by atoms with Crippen LogP contribution in [0.15, 0.2) is 55.0 Å². The molecule has 4 rings (SSSR count). The number of fused-ring (bicyclic) bond motifs is 1. The van der Waals surface area contributed by atoms with Crippen molar-refractivity contribution in [1.29, 1.82) is 0 Å². The lowest BCUT2D eigenvalue weighted by atomic mass is 10.0. The van der Waals surface area contributed by atoms with E-state index in [0.29, 0.717) is 28.2 Å². The standard InChI is InChI=1S/C22H18F3N5O2/c1-12-10-26-20-18(12)19(27-11-28-20)13-3-8-17(16(9-13)22(23,24)25)30-21(31)29-14-4-6-15(32-2)7-5-14/h3-11H,1-2H3,(H,26,27,28)(H2,29,30,31). The Morgan fingerprint density at radius 2 is 1.81 bits per heavy atom. The second kappa shape index (κ2) is 8.22. The molecule has 0 fully saturated rings. The molecule has 3 N–H and O–H groups in total. The Kier molecular flexibility index (Phi) is 5.43. The van der Waals surface area contributed by atoms with Crippen molar-refractivity contribution in [2.24, 2.45) is 0 Å². The van der Waals surface area contributed by atoms with Gasteiger partial charge in [-0.15, -0.1) is 0 Å². The third-order valence-corrected chi connectivity index (χ3v) is 4.86. The second-order valence-electron chi connectivity index (χ2n) is 6.98. The van der Waals surface area contributed by atoms with Gasteiger partial charge in [0.1, 0.15) is 17.7 Å². The maximum Gasteiger partial charge on any atom is 0.418 e. The number of carbonyl (C=O) groups excluding carboxylic acids is 1. The summed E-state index contributed by atoms with van der Waals surface area (Å²) in [4.78, 5) is 23.6. The van der Waals surface area contributed by atoms with Gasteiger partial charge in [0.2, 0.25) is 0 Å².